The summed E-state index contributed by atoms with van der Waals surface area (Å²) < 4.78 is 51.6. The molecule has 6 nitrogen and oxygen atoms in total. The summed E-state index contributed by atoms with van der Waals surface area (Å²) in [5.41, 5.74) is 0. The van der Waals surface area contributed by atoms with Crippen LogP contribution in [-0.4, -0.2) is 47.0 Å². The van der Waals surface area contributed by atoms with E-state index in [4.69, 9.17) is 0 Å². The van der Waals surface area contributed by atoms with Gasteiger partial charge in [0.05, 0.1) is 6.26 Å². The number of hydrogen-bond donors (Lipinski definition) is 1. The van der Waals surface area contributed by atoms with Crippen LogP contribution in [0.5, 0.6) is 0 Å². The van der Waals surface area contributed by atoms with E-state index in [1.807, 2.05) is 20.8 Å². The van der Waals surface area contributed by atoms with Crippen molar-refractivity contribution >= 4 is 31.4 Å². The molecule has 0 aliphatic rings. The van der Waals surface area contributed by atoms with Gasteiger partial charge in [0.15, 0.2) is 0 Å². The van der Waals surface area contributed by atoms with E-state index in [9.17, 15) is 16.8 Å². The van der Waals surface area contributed by atoms with E-state index >= 15 is 0 Å². The predicted molar refractivity (Wildman–Crippen MR) is 90.1 cm³/mol. The second-order valence-electron chi connectivity index (χ2n) is 5.61. The van der Waals surface area contributed by atoms with Gasteiger partial charge in [0.2, 0.25) is 20.0 Å². The van der Waals surface area contributed by atoms with E-state index in [1.54, 1.807) is 12.1 Å². The molecule has 0 spiro atoms. The first-order chi connectivity index (χ1) is 10.0. The van der Waals surface area contributed by atoms with Crippen LogP contribution in [0.3, 0.4) is 0 Å². The molecule has 0 saturated heterocycles. The van der Waals surface area contributed by atoms with Crippen molar-refractivity contribution in [1.29, 1.82) is 0 Å². The molecule has 1 N–H and O–H groups in total. The summed E-state index contributed by atoms with van der Waals surface area (Å²) in [6.45, 7) is 6.46. The second-order valence-corrected chi connectivity index (χ2v) is 10.9. The Kier molecular flexibility index (Phi) is 7.00. The van der Waals surface area contributed by atoms with Gasteiger partial charge in [-0.3, -0.25) is 0 Å². The smallest absolute Gasteiger partial charge is 0.213 e. The molecule has 0 amide bonds. The van der Waals surface area contributed by atoms with Crippen molar-refractivity contribution in [1.82, 2.24) is 9.03 Å². The van der Waals surface area contributed by atoms with E-state index in [0.29, 0.717) is 12.5 Å². The highest BCUT2D eigenvalue weighted by atomic mass is 32.2. The number of thiophene rings is 1. The molecule has 0 saturated carbocycles. The third-order valence-electron chi connectivity index (χ3n) is 3.06. The minimum Gasteiger partial charge on any atom is -0.213 e. The lowest BCUT2D eigenvalue weighted by Gasteiger charge is -2.20. The average Bonchev–Trinajstić information content (AvgIpc) is 2.79. The SMILES string of the molecule is Cc1ccc(S(=O)(=O)NCCN(CCC(C)C)S(C)(=O)=O)s1. The number of nitrogens with one attached hydrogen (secondary N) is 1. The first kappa shape index (κ1) is 19.6. The first-order valence-corrected chi connectivity index (χ1v) is 11.2. The van der Waals surface area contributed by atoms with Gasteiger partial charge in [0.25, 0.3) is 0 Å². The molecule has 1 heterocycles. The maximum Gasteiger partial charge on any atom is 0.250 e. The molecule has 0 unspecified atom stereocenters. The van der Waals surface area contributed by atoms with Gasteiger partial charge in [-0.25, -0.2) is 25.9 Å². The molecule has 128 valence electrons. The lowest BCUT2D eigenvalue weighted by Crippen LogP contribution is -2.38. The van der Waals surface area contributed by atoms with Crippen molar-refractivity contribution in [3.8, 4) is 0 Å². The number of aryl methyl sites for hydroxylation is 1. The van der Waals surface area contributed by atoms with Crippen LogP contribution >= 0.6 is 11.3 Å². The molecular weight excluding hydrogens is 344 g/mol. The summed E-state index contributed by atoms with van der Waals surface area (Å²) in [7, 11) is -6.90. The van der Waals surface area contributed by atoms with Crippen molar-refractivity contribution in [3.63, 3.8) is 0 Å². The first-order valence-electron chi connectivity index (χ1n) is 7.03. The average molecular weight is 369 g/mol. The molecule has 0 aliphatic heterocycles. The standard InChI is InChI=1S/C13H24N2O4S3/c1-11(2)7-9-15(21(4,16)17)10-8-14-22(18,19)13-6-5-12(3)20-13/h5-6,11,14H,7-10H2,1-4H3. The molecule has 0 atom stereocenters. The second kappa shape index (κ2) is 7.87. The summed E-state index contributed by atoms with van der Waals surface area (Å²) in [5.74, 6) is 0.384. The summed E-state index contributed by atoms with van der Waals surface area (Å²) >= 11 is 1.19. The zero-order valence-electron chi connectivity index (χ0n) is 13.4. The Balaban J connectivity index is 2.62. The summed E-state index contributed by atoms with van der Waals surface area (Å²) in [4.78, 5) is 0.912. The topological polar surface area (TPSA) is 83.6 Å². The maximum absolute atomic E-state index is 12.1. The Morgan fingerprint density at radius 2 is 1.82 bits per heavy atom. The van der Waals surface area contributed by atoms with Gasteiger partial charge < -0.3 is 0 Å². The van der Waals surface area contributed by atoms with Crippen LogP contribution in [0.1, 0.15) is 25.1 Å². The quantitative estimate of drug-likeness (QED) is 0.718. The molecular formula is C13H24N2O4S3. The number of nitrogens with zero attached hydrogens (tertiary/aromatic N) is 1. The number of hydrogen-bond acceptors (Lipinski definition) is 5. The van der Waals surface area contributed by atoms with Crippen LogP contribution in [0.15, 0.2) is 16.3 Å². The van der Waals surface area contributed by atoms with Crippen molar-refractivity contribution in [2.24, 2.45) is 5.92 Å². The molecule has 0 fully saturated rings. The molecule has 0 radical (unpaired) electrons. The van der Waals surface area contributed by atoms with Gasteiger partial charge in [-0.2, -0.15) is 0 Å². The van der Waals surface area contributed by atoms with Gasteiger partial charge in [0.1, 0.15) is 4.21 Å². The zero-order valence-corrected chi connectivity index (χ0v) is 15.8. The summed E-state index contributed by atoms with van der Waals surface area (Å²) in [6.07, 6.45) is 1.88. The van der Waals surface area contributed by atoms with Crippen LogP contribution < -0.4 is 4.72 Å². The van der Waals surface area contributed by atoms with Crippen molar-refractivity contribution in [2.45, 2.75) is 31.4 Å². The van der Waals surface area contributed by atoms with Crippen LogP contribution in [0.4, 0.5) is 0 Å². The Hall–Kier alpha value is -0.480. The summed E-state index contributed by atoms with van der Waals surface area (Å²) in [5, 5.41) is 0. The predicted octanol–water partition coefficient (Wildman–Crippen LogP) is 1.64. The minimum atomic E-state index is -3.56. The molecule has 0 aromatic carbocycles. The van der Waals surface area contributed by atoms with Gasteiger partial charge in [0, 0.05) is 24.5 Å². The van der Waals surface area contributed by atoms with Gasteiger partial charge in [-0.05, 0) is 31.4 Å². The Bertz CT molecular complexity index is 678. The molecule has 22 heavy (non-hydrogen) atoms. The molecule has 1 aromatic heterocycles. The normalized spacial score (nSPS) is 13.2. The lowest BCUT2D eigenvalue weighted by atomic mass is 10.1. The third kappa shape index (κ3) is 6.33. The fourth-order valence-electron chi connectivity index (χ4n) is 1.78. The van der Waals surface area contributed by atoms with Gasteiger partial charge >= 0.3 is 0 Å². The zero-order chi connectivity index (χ0) is 17.0. The highest BCUT2D eigenvalue weighted by Crippen LogP contribution is 2.20. The molecule has 0 bridgehead atoms. The van der Waals surface area contributed by atoms with E-state index < -0.39 is 20.0 Å². The van der Waals surface area contributed by atoms with E-state index in [2.05, 4.69) is 4.72 Å². The molecule has 1 aromatic rings. The molecule has 0 aliphatic carbocycles. The Morgan fingerprint density at radius 1 is 1.18 bits per heavy atom. The lowest BCUT2D eigenvalue weighted by molar-refractivity contribution is 0.385. The molecule has 9 heteroatoms. The maximum atomic E-state index is 12.1. The fourth-order valence-corrected chi connectivity index (χ4v) is 4.99. The Morgan fingerprint density at radius 3 is 2.27 bits per heavy atom. The van der Waals surface area contributed by atoms with Crippen molar-refractivity contribution < 1.29 is 16.8 Å². The van der Waals surface area contributed by atoms with Gasteiger partial charge in [-0.15, -0.1) is 11.3 Å². The van der Waals surface area contributed by atoms with E-state index in [1.165, 1.54) is 15.6 Å². The van der Waals surface area contributed by atoms with Gasteiger partial charge in [-0.1, -0.05) is 13.8 Å². The largest absolute Gasteiger partial charge is 0.250 e. The number of rotatable bonds is 9. The van der Waals surface area contributed by atoms with E-state index in [0.717, 1.165) is 17.6 Å². The van der Waals surface area contributed by atoms with Crippen molar-refractivity contribution in [2.75, 3.05) is 25.9 Å². The monoisotopic (exact) mass is 368 g/mol. The van der Waals surface area contributed by atoms with Crippen LogP contribution in [0.25, 0.3) is 0 Å². The Labute approximate surface area is 137 Å². The fraction of sp³-hybridized carbons (Fsp3) is 0.692. The number of sulfonamides is 2. The van der Waals surface area contributed by atoms with Crippen LogP contribution in [0, 0.1) is 12.8 Å². The van der Waals surface area contributed by atoms with Crippen molar-refractivity contribution in [3.05, 3.63) is 17.0 Å². The van der Waals surface area contributed by atoms with Crippen LogP contribution in [0.2, 0.25) is 0 Å². The van der Waals surface area contributed by atoms with Crippen LogP contribution in [-0.2, 0) is 20.0 Å². The third-order valence-corrected chi connectivity index (χ3v) is 7.32. The molecule has 1 rings (SSSR count). The highest BCUT2D eigenvalue weighted by Gasteiger charge is 2.19. The van der Waals surface area contributed by atoms with E-state index in [-0.39, 0.29) is 17.3 Å². The summed E-state index contributed by atoms with van der Waals surface area (Å²) in [6, 6.07) is 3.29. The highest BCUT2D eigenvalue weighted by molar-refractivity contribution is 7.91. The minimum absolute atomic E-state index is 0.0600.